The maximum Gasteiger partial charge on any atom is 0.252 e. The molecule has 0 aromatic carbocycles. The van der Waals surface area contributed by atoms with E-state index in [0.717, 1.165) is 24.1 Å². The minimum Gasteiger partial charge on any atom is -0.352 e. The zero-order chi connectivity index (χ0) is 14.5. The van der Waals surface area contributed by atoms with E-state index in [1.54, 1.807) is 6.20 Å². The van der Waals surface area contributed by atoms with E-state index in [-0.39, 0.29) is 16.1 Å². The van der Waals surface area contributed by atoms with E-state index >= 15 is 0 Å². The van der Waals surface area contributed by atoms with Crippen LogP contribution >= 0.6 is 23.2 Å². The average Bonchev–Trinajstić information content (AvgIpc) is 2.83. The number of hydrogen-bond acceptors (Lipinski definition) is 3. The Morgan fingerprint density at radius 2 is 2.20 bits per heavy atom. The lowest BCUT2D eigenvalue weighted by Gasteiger charge is -2.06. The number of carbonyl (C=O) groups is 1. The monoisotopic (exact) mass is 312 g/mol. The number of aromatic amines is 1. The minimum atomic E-state index is -0.247. The van der Waals surface area contributed by atoms with E-state index < -0.39 is 0 Å². The Balaban J connectivity index is 1.83. The second-order valence-corrected chi connectivity index (χ2v) is 5.16. The van der Waals surface area contributed by atoms with E-state index in [9.17, 15) is 4.79 Å². The molecule has 1 amide bonds. The number of rotatable bonds is 5. The number of carbonyl (C=O) groups excluding carboxylic acids is 1. The Morgan fingerprint density at radius 1 is 1.40 bits per heavy atom. The largest absolute Gasteiger partial charge is 0.352 e. The van der Waals surface area contributed by atoms with Crippen molar-refractivity contribution >= 4 is 29.1 Å². The molecule has 0 saturated heterocycles. The second kappa shape index (κ2) is 6.72. The lowest BCUT2D eigenvalue weighted by molar-refractivity contribution is 0.0953. The van der Waals surface area contributed by atoms with Crippen LogP contribution < -0.4 is 5.32 Å². The van der Waals surface area contributed by atoms with Crippen LogP contribution in [0.4, 0.5) is 0 Å². The van der Waals surface area contributed by atoms with Crippen molar-refractivity contribution in [2.45, 2.75) is 19.8 Å². The molecule has 7 heteroatoms. The molecule has 5 nitrogen and oxygen atoms in total. The van der Waals surface area contributed by atoms with Gasteiger partial charge in [0.1, 0.15) is 5.15 Å². The molecule has 2 rings (SSSR count). The molecule has 0 radical (unpaired) electrons. The highest BCUT2D eigenvalue weighted by Crippen LogP contribution is 2.17. The topological polar surface area (TPSA) is 70.7 Å². The number of amides is 1. The van der Waals surface area contributed by atoms with Crippen LogP contribution in [-0.4, -0.2) is 27.6 Å². The first-order valence-corrected chi connectivity index (χ1v) is 6.91. The Kier molecular flexibility index (Phi) is 4.98. The zero-order valence-corrected chi connectivity index (χ0v) is 12.4. The van der Waals surface area contributed by atoms with Crippen molar-refractivity contribution in [3.05, 3.63) is 45.5 Å². The van der Waals surface area contributed by atoms with Gasteiger partial charge in [0, 0.05) is 18.4 Å². The summed E-state index contributed by atoms with van der Waals surface area (Å²) in [6, 6.07) is 1.46. The Bertz CT molecular complexity index is 612. The SMILES string of the molecule is Cc1[nH]ncc1CCCNC(=O)c1cc(Cl)ncc1Cl. The predicted molar refractivity (Wildman–Crippen MR) is 78.2 cm³/mol. The van der Waals surface area contributed by atoms with E-state index in [2.05, 4.69) is 20.5 Å². The first-order chi connectivity index (χ1) is 9.58. The zero-order valence-electron chi connectivity index (χ0n) is 10.9. The summed E-state index contributed by atoms with van der Waals surface area (Å²) in [4.78, 5) is 15.8. The molecule has 2 aromatic rings. The number of pyridine rings is 1. The van der Waals surface area contributed by atoms with Crippen molar-refractivity contribution < 1.29 is 4.79 Å². The summed E-state index contributed by atoms with van der Waals surface area (Å²) in [6.07, 6.45) is 4.85. The van der Waals surface area contributed by atoms with Gasteiger partial charge < -0.3 is 5.32 Å². The van der Waals surface area contributed by atoms with Gasteiger partial charge >= 0.3 is 0 Å². The summed E-state index contributed by atoms with van der Waals surface area (Å²) in [5.74, 6) is -0.247. The number of nitrogens with zero attached hydrogens (tertiary/aromatic N) is 2. The number of halogens is 2. The summed E-state index contributed by atoms with van der Waals surface area (Å²) >= 11 is 11.7. The third-order valence-corrected chi connectivity index (χ3v) is 3.42. The van der Waals surface area contributed by atoms with Gasteiger partial charge in [-0.1, -0.05) is 23.2 Å². The van der Waals surface area contributed by atoms with Crippen LogP contribution in [0.15, 0.2) is 18.5 Å². The smallest absolute Gasteiger partial charge is 0.252 e. The Labute approximate surface area is 126 Å². The summed E-state index contributed by atoms with van der Waals surface area (Å²) in [5, 5.41) is 10.2. The highest BCUT2D eigenvalue weighted by Gasteiger charge is 2.11. The number of nitrogens with one attached hydrogen (secondary N) is 2. The molecule has 0 aliphatic heterocycles. The van der Waals surface area contributed by atoms with E-state index in [0.29, 0.717) is 12.1 Å². The lowest BCUT2D eigenvalue weighted by atomic mass is 10.1. The fourth-order valence-electron chi connectivity index (χ4n) is 1.79. The maximum absolute atomic E-state index is 11.9. The molecular formula is C13H14Cl2N4O. The molecule has 2 heterocycles. The van der Waals surface area contributed by atoms with Crippen molar-refractivity contribution in [3.8, 4) is 0 Å². The van der Waals surface area contributed by atoms with Crippen molar-refractivity contribution in [3.63, 3.8) is 0 Å². The standard InChI is InChI=1S/C13H14Cl2N4O/c1-8-9(6-18-19-8)3-2-4-16-13(20)10-5-12(15)17-7-11(10)14/h5-7H,2-4H2,1H3,(H,16,20)(H,18,19). The highest BCUT2D eigenvalue weighted by atomic mass is 35.5. The van der Waals surface area contributed by atoms with Gasteiger partial charge in [-0.05, 0) is 31.4 Å². The third-order valence-electron chi connectivity index (χ3n) is 2.91. The average molecular weight is 313 g/mol. The second-order valence-electron chi connectivity index (χ2n) is 4.37. The molecule has 0 saturated carbocycles. The van der Waals surface area contributed by atoms with Gasteiger partial charge in [0.2, 0.25) is 0 Å². The normalized spacial score (nSPS) is 10.6. The molecule has 0 aliphatic carbocycles. The van der Waals surface area contributed by atoms with Gasteiger partial charge in [0.15, 0.2) is 0 Å². The van der Waals surface area contributed by atoms with E-state index in [4.69, 9.17) is 23.2 Å². The van der Waals surface area contributed by atoms with Gasteiger partial charge in [-0.15, -0.1) is 0 Å². The summed E-state index contributed by atoms with van der Waals surface area (Å²) in [7, 11) is 0. The molecule has 0 aliphatic rings. The number of hydrogen-bond donors (Lipinski definition) is 2. The third kappa shape index (κ3) is 3.71. The maximum atomic E-state index is 11.9. The van der Waals surface area contributed by atoms with Gasteiger partial charge in [0.05, 0.1) is 16.8 Å². The van der Waals surface area contributed by atoms with Crippen molar-refractivity contribution in [1.82, 2.24) is 20.5 Å². The van der Waals surface area contributed by atoms with Crippen LogP contribution in [0.25, 0.3) is 0 Å². The lowest BCUT2D eigenvalue weighted by Crippen LogP contribution is -2.25. The fourth-order valence-corrected chi connectivity index (χ4v) is 2.14. The summed E-state index contributed by atoms with van der Waals surface area (Å²) in [6.45, 7) is 2.53. The molecule has 20 heavy (non-hydrogen) atoms. The molecule has 0 unspecified atom stereocenters. The molecule has 106 valence electrons. The highest BCUT2D eigenvalue weighted by molar-refractivity contribution is 6.35. The van der Waals surface area contributed by atoms with Gasteiger partial charge in [0.25, 0.3) is 5.91 Å². The van der Waals surface area contributed by atoms with Crippen molar-refractivity contribution in [1.29, 1.82) is 0 Å². The molecule has 2 aromatic heterocycles. The molecule has 0 atom stereocenters. The number of aromatic nitrogens is 3. The van der Waals surface area contributed by atoms with Crippen LogP contribution in [-0.2, 0) is 6.42 Å². The van der Waals surface area contributed by atoms with Crippen LogP contribution in [0.3, 0.4) is 0 Å². The first kappa shape index (κ1) is 14.8. The van der Waals surface area contributed by atoms with Crippen molar-refractivity contribution in [2.24, 2.45) is 0 Å². The number of aryl methyl sites for hydroxylation is 2. The predicted octanol–water partition coefficient (Wildman–Crippen LogP) is 2.78. The molecule has 0 bridgehead atoms. The van der Waals surface area contributed by atoms with Crippen molar-refractivity contribution in [2.75, 3.05) is 6.54 Å². The molecule has 2 N–H and O–H groups in total. The molecule has 0 fully saturated rings. The Hall–Kier alpha value is -1.59. The van der Waals surface area contributed by atoms with Crippen LogP contribution in [0, 0.1) is 6.92 Å². The van der Waals surface area contributed by atoms with Crippen LogP contribution in [0.1, 0.15) is 28.0 Å². The number of H-pyrrole nitrogens is 1. The van der Waals surface area contributed by atoms with Gasteiger partial charge in [-0.2, -0.15) is 5.10 Å². The molecular weight excluding hydrogens is 299 g/mol. The molecule has 0 spiro atoms. The van der Waals surface area contributed by atoms with Gasteiger partial charge in [-0.3, -0.25) is 9.89 Å². The van der Waals surface area contributed by atoms with E-state index in [1.165, 1.54) is 12.3 Å². The summed E-state index contributed by atoms with van der Waals surface area (Å²) in [5.41, 5.74) is 2.55. The first-order valence-electron chi connectivity index (χ1n) is 6.16. The van der Waals surface area contributed by atoms with Crippen LogP contribution in [0.5, 0.6) is 0 Å². The minimum absolute atomic E-state index is 0.244. The fraction of sp³-hybridized carbons (Fsp3) is 0.308. The van der Waals surface area contributed by atoms with Crippen LogP contribution in [0.2, 0.25) is 10.2 Å². The Morgan fingerprint density at radius 3 is 2.90 bits per heavy atom. The van der Waals surface area contributed by atoms with Gasteiger partial charge in [-0.25, -0.2) is 4.98 Å². The quantitative estimate of drug-likeness (QED) is 0.658. The van der Waals surface area contributed by atoms with E-state index in [1.807, 2.05) is 6.92 Å². The summed E-state index contributed by atoms with van der Waals surface area (Å²) < 4.78 is 0.